The molecule has 0 unspecified atom stereocenters. The van der Waals surface area contributed by atoms with Crippen molar-refractivity contribution in [1.82, 2.24) is 9.97 Å². The highest BCUT2D eigenvalue weighted by atomic mass is 16.3. The maximum atomic E-state index is 12.2. The van der Waals surface area contributed by atoms with Gasteiger partial charge in [-0.25, -0.2) is 4.98 Å². The number of nitrogens with zero attached hydrogens (tertiary/aromatic N) is 2. The molecule has 0 aliphatic rings. The quantitative estimate of drug-likeness (QED) is 0.419. The molecule has 23 heavy (non-hydrogen) atoms. The lowest BCUT2D eigenvalue weighted by atomic mass is 10.2. The van der Waals surface area contributed by atoms with Crippen molar-refractivity contribution in [2.75, 3.05) is 0 Å². The van der Waals surface area contributed by atoms with Gasteiger partial charge in [-0.15, -0.1) is 0 Å². The van der Waals surface area contributed by atoms with Gasteiger partial charge in [0.1, 0.15) is 5.58 Å². The first-order valence-corrected chi connectivity index (χ1v) is 7.22. The van der Waals surface area contributed by atoms with Crippen LogP contribution >= 0.6 is 0 Å². The van der Waals surface area contributed by atoms with Crippen LogP contribution in [0.5, 0.6) is 0 Å². The second-order valence-corrected chi connectivity index (χ2v) is 5.13. The molecule has 0 spiro atoms. The van der Waals surface area contributed by atoms with Gasteiger partial charge >= 0.3 is 0 Å². The predicted octanol–water partition coefficient (Wildman–Crippen LogP) is 4.27. The van der Waals surface area contributed by atoms with E-state index in [1.165, 1.54) is 6.08 Å². The summed E-state index contributed by atoms with van der Waals surface area (Å²) in [5, 5.41) is 0.912. The van der Waals surface area contributed by atoms with E-state index >= 15 is 0 Å². The zero-order chi connectivity index (χ0) is 15.6. The van der Waals surface area contributed by atoms with Gasteiger partial charge in [0.25, 0.3) is 0 Å². The Kier molecular flexibility index (Phi) is 3.20. The molecule has 4 nitrogen and oxygen atoms in total. The number of hydrogen-bond donors (Lipinski definition) is 0. The van der Waals surface area contributed by atoms with Gasteiger partial charge in [-0.1, -0.05) is 30.3 Å². The molecule has 4 aromatic rings. The molecular formula is C19H12N2O2. The topological polar surface area (TPSA) is 56.0 Å². The summed E-state index contributed by atoms with van der Waals surface area (Å²) in [6.07, 6.45) is 4.75. The Morgan fingerprint density at radius 1 is 1.00 bits per heavy atom. The van der Waals surface area contributed by atoms with Crippen LogP contribution in [0.15, 0.2) is 71.3 Å². The van der Waals surface area contributed by atoms with E-state index < -0.39 is 0 Å². The molecule has 0 saturated heterocycles. The standard InChI is InChI=1S/C19H12N2O2/c22-17(19-11-13-5-1-4-8-18(13)23-19)10-9-14-12-20-15-6-2-3-7-16(15)21-14/h1-12H/b10-9+. The third-order valence-electron chi connectivity index (χ3n) is 3.54. The molecule has 0 aliphatic carbocycles. The number of rotatable bonds is 3. The third kappa shape index (κ3) is 2.62. The van der Waals surface area contributed by atoms with E-state index in [1.54, 1.807) is 18.3 Å². The Morgan fingerprint density at radius 2 is 1.78 bits per heavy atom. The summed E-state index contributed by atoms with van der Waals surface area (Å²) in [5.74, 6) is 0.118. The van der Waals surface area contributed by atoms with Crippen LogP contribution in [0.25, 0.3) is 28.1 Å². The Bertz CT molecular complexity index is 1010. The number of allylic oxidation sites excluding steroid dienone is 1. The van der Waals surface area contributed by atoms with Crippen molar-refractivity contribution in [1.29, 1.82) is 0 Å². The lowest BCUT2D eigenvalue weighted by Crippen LogP contribution is -1.92. The zero-order valence-electron chi connectivity index (χ0n) is 12.1. The fourth-order valence-corrected chi connectivity index (χ4v) is 2.40. The number of ketones is 1. The number of carbonyl (C=O) groups excluding carboxylic acids is 1. The molecule has 2 aromatic carbocycles. The number of carbonyl (C=O) groups is 1. The summed E-state index contributed by atoms with van der Waals surface area (Å²) in [5.41, 5.74) is 2.96. The SMILES string of the molecule is O=C(/C=C/c1cnc2ccccc2n1)c1cc2ccccc2o1. The molecule has 0 radical (unpaired) electrons. The largest absolute Gasteiger partial charge is 0.453 e. The number of fused-ring (bicyclic) bond motifs is 2. The van der Waals surface area contributed by atoms with Crippen molar-refractivity contribution in [3.8, 4) is 0 Å². The highest BCUT2D eigenvalue weighted by Gasteiger charge is 2.09. The minimum atomic E-state index is -0.198. The number of para-hydroxylation sites is 3. The van der Waals surface area contributed by atoms with Gasteiger partial charge in [0, 0.05) is 5.39 Å². The summed E-state index contributed by atoms with van der Waals surface area (Å²) in [6.45, 7) is 0. The third-order valence-corrected chi connectivity index (χ3v) is 3.54. The van der Waals surface area contributed by atoms with Crippen LogP contribution < -0.4 is 0 Å². The van der Waals surface area contributed by atoms with Crippen molar-refractivity contribution < 1.29 is 9.21 Å². The second-order valence-electron chi connectivity index (χ2n) is 5.13. The molecule has 0 saturated carbocycles. The number of hydrogen-bond acceptors (Lipinski definition) is 4. The van der Waals surface area contributed by atoms with Crippen LogP contribution in [-0.4, -0.2) is 15.8 Å². The molecular weight excluding hydrogens is 288 g/mol. The van der Waals surface area contributed by atoms with Gasteiger partial charge in [0.15, 0.2) is 5.76 Å². The molecule has 0 N–H and O–H groups in total. The molecule has 2 heterocycles. The van der Waals surface area contributed by atoms with Crippen molar-refractivity contribution in [2.24, 2.45) is 0 Å². The highest BCUT2D eigenvalue weighted by molar-refractivity contribution is 6.06. The minimum absolute atomic E-state index is 0.198. The van der Waals surface area contributed by atoms with E-state index in [1.807, 2.05) is 48.5 Å². The molecule has 0 amide bonds. The first-order valence-electron chi connectivity index (χ1n) is 7.22. The van der Waals surface area contributed by atoms with Crippen molar-refractivity contribution in [2.45, 2.75) is 0 Å². The average Bonchev–Trinajstić information content (AvgIpc) is 3.04. The molecule has 0 aliphatic heterocycles. The summed E-state index contributed by atoms with van der Waals surface area (Å²) < 4.78 is 5.55. The highest BCUT2D eigenvalue weighted by Crippen LogP contribution is 2.19. The molecule has 0 bridgehead atoms. The number of furan rings is 1. The molecule has 4 rings (SSSR count). The Labute approximate surface area is 132 Å². The first kappa shape index (κ1) is 13.4. The van der Waals surface area contributed by atoms with Crippen LogP contribution in [0.1, 0.15) is 16.2 Å². The molecule has 110 valence electrons. The van der Waals surface area contributed by atoms with Crippen molar-refractivity contribution >= 4 is 33.9 Å². The average molecular weight is 300 g/mol. The van der Waals surface area contributed by atoms with E-state index in [0.717, 1.165) is 16.4 Å². The van der Waals surface area contributed by atoms with Crippen LogP contribution in [0.4, 0.5) is 0 Å². The van der Waals surface area contributed by atoms with Gasteiger partial charge in [0.2, 0.25) is 5.78 Å². The van der Waals surface area contributed by atoms with E-state index in [2.05, 4.69) is 9.97 Å². The van der Waals surface area contributed by atoms with Crippen molar-refractivity contribution in [3.05, 3.63) is 78.3 Å². The van der Waals surface area contributed by atoms with Gasteiger partial charge in [-0.2, -0.15) is 0 Å². The van der Waals surface area contributed by atoms with Gasteiger partial charge < -0.3 is 4.42 Å². The molecule has 0 fully saturated rings. The van der Waals surface area contributed by atoms with E-state index in [4.69, 9.17) is 4.42 Å². The Hall–Kier alpha value is -3.27. The van der Waals surface area contributed by atoms with E-state index in [9.17, 15) is 4.79 Å². The van der Waals surface area contributed by atoms with E-state index in [-0.39, 0.29) is 5.78 Å². The number of benzene rings is 2. The summed E-state index contributed by atoms with van der Waals surface area (Å²) >= 11 is 0. The van der Waals surface area contributed by atoms with Crippen LogP contribution in [0.3, 0.4) is 0 Å². The molecule has 0 atom stereocenters. The summed E-state index contributed by atoms with van der Waals surface area (Å²) in [7, 11) is 0. The zero-order valence-corrected chi connectivity index (χ0v) is 12.1. The smallest absolute Gasteiger partial charge is 0.221 e. The van der Waals surface area contributed by atoms with E-state index in [0.29, 0.717) is 17.0 Å². The number of aromatic nitrogens is 2. The van der Waals surface area contributed by atoms with Gasteiger partial charge in [-0.05, 0) is 36.4 Å². The minimum Gasteiger partial charge on any atom is -0.453 e. The fourth-order valence-electron chi connectivity index (χ4n) is 2.40. The monoisotopic (exact) mass is 300 g/mol. The van der Waals surface area contributed by atoms with Gasteiger partial charge in [-0.3, -0.25) is 9.78 Å². The van der Waals surface area contributed by atoms with Crippen LogP contribution in [0.2, 0.25) is 0 Å². The molecule has 2 aromatic heterocycles. The molecule has 4 heteroatoms. The lowest BCUT2D eigenvalue weighted by Gasteiger charge is -1.97. The van der Waals surface area contributed by atoms with Crippen molar-refractivity contribution in [3.63, 3.8) is 0 Å². The lowest BCUT2D eigenvalue weighted by molar-refractivity contribution is 0.102. The predicted molar refractivity (Wildman–Crippen MR) is 89.1 cm³/mol. The normalized spacial score (nSPS) is 11.5. The maximum Gasteiger partial charge on any atom is 0.221 e. The summed E-state index contributed by atoms with van der Waals surface area (Å²) in [4.78, 5) is 21.0. The second kappa shape index (κ2) is 5.50. The fraction of sp³-hybridized carbons (Fsp3) is 0. The Balaban J connectivity index is 1.62. The summed E-state index contributed by atoms with van der Waals surface area (Å²) in [6, 6.07) is 16.9. The Morgan fingerprint density at radius 3 is 2.65 bits per heavy atom. The van der Waals surface area contributed by atoms with Crippen LogP contribution in [-0.2, 0) is 0 Å². The van der Waals surface area contributed by atoms with Gasteiger partial charge in [0.05, 0.1) is 22.9 Å². The first-order chi connectivity index (χ1) is 11.3. The maximum absolute atomic E-state index is 12.2. The van der Waals surface area contributed by atoms with Crippen LogP contribution in [0, 0.1) is 0 Å².